The number of hydrogen-bond donors (Lipinski definition) is 2. The van der Waals surface area contributed by atoms with Gasteiger partial charge in [0, 0.05) is 0 Å². The molecule has 0 fully saturated rings. The highest BCUT2D eigenvalue weighted by Crippen LogP contribution is 2.14. The van der Waals surface area contributed by atoms with Gasteiger partial charge >= 0.3 is 0 Å². The third-order valence-electron chi connectivity index (χ3n) is 1.65. The minimum Gasteiger partial charge on any atom is -0.387 e. The quantitative estimate of drug-likeness (QED) is 0.682. The topological polar surface area (TPSA) is 95.8 Å². The van der Waals surface area contributed by atoms with Gasteiger partial charge in [-0.3, -0.25) is 0 Å². The predicted octanol–water partition coefficient (Wildman–Crippen LogP) is 0.374. The van der Waals surface area contributed by atoms with Crippen molar-refractivity contribution in [2.75, 3.05) is 5.73 Å². The van der Waals surface area contributed by atoms with Crippen molar-refractivity contribution in [1.82, 2.24) is 9.97 Å². The zero-order valence-corrected chi connectivity index (χ0v) is 7.23. The Morgan fingerprint density at radius 2 is 2.46 bits per heavy atom. The van der Waals surface area contributed by atoms with Gasteiger partial charge in [0.25, 0.3) is 0 Å². The first-order valence-corrected chi connectivity index (χ1v) is 3.89. The average Bonchev–Trinajstić information content (AvgIpc) is 2.16. The molecule has 0 saturated carbocycles. The molecule has 5 heteroatoms. The smallest absolute Gasteiger partial charge is 0.182 e. The number of hydrogen-bond acceptors (Lipinski definition) is 5. The molecule has 68 valence electrons. The summed E-state index contributed by atoms with van der Waals surface area (Å²) in [5.74, 6) is 0.0625. The Morgan fingerprint density at radius 1 is 1.77 bits per heavy atom. The first-order chi connectivity index (χ1) is 6.19. The van der Waals surface area contributed by atoms with Gasteiger partial charge in [-0.1, -0.05) is 6.92 Å². The minimum atomic E-state index is -0.664. The molecule has 0 aliphatic heterocycles. The maximum Gasteiger partial charge on any atom is 0.182 e. The molecule has 1 atom stereocenters. The van der Waals surface area contributed by atoms with Crippen LogP contribution in [-0.2, 0) is 0 Å². The second kappa shape index (κ2) is 3.83. The molecule has 1 aromatic heterocycles. The Labute approximate surface area is 75.9 Å². The molecule has 5 nitrogen and oxygen atoms in total. The number of nitrogens with two attached hydrogens (primary N) is 1. The van der Waals surface area contributed by atoms with Crippen LogP contribution in [0.15, 0.2) is 6.20 Å². The number of aliphatic hydroxyl groups is 1. The fourth-order valence-corrected chi connectivity index (χ4v) is 0.874. The van der Waals surface area contributed by atoms with Gasteiger partial charge in [-0.15, -0.1) is 0 Å². The zero-order chi connectivity index (χ0) is 9.84. The monoisotopic (exact) mass is 178 g/mol. The highest BCUT2D eigenvalue weighted by atomic mass is 16.3. The van der Waals surface area contributed by atoms with Crippen LogP contribution in [0.1, 0.15) is 30.8 Å². The molecular weight excluding hydrogens is 168 g/mol. The van der Waals surface area contributed by atoms with E-state index in [4.69, 9.17) is 11.0 Å². The molecule has 1 aromatic rings. The van der Waals surface area contributed by atoms with Crippen LogP contribution in [0.2, 0.25) is 0 Å². The molecule has 13 heavy (non-hydrogen) atoms. The van der Waals surface area contributed by atoms with E-state index in [0.29, 0.717) is 12.1 Å². The van der Waals surface area contributed by atoms with Crippen LogP contribution >= 0.6 is 0 Å². The number of aliphatic hydroxyl groups excluding tert-OH is 1. The van der Waals surface area contributed by atoms with Crippen molar-refractivity contribution in [3.63, 3.8) is 0 Å². The maximum atomic E-state index is 9.38. The largest absolute Gasteiger partial charge is 0.387 e. The van der Waals surface area contributed by atoms with Crippen LogP contribution in [0.4, 0.5) is 5.82 Å². The van der Waals surface area contributed by atoms with E-state index in [1.807, 2.05) is 6.92 Å². The number of anilines is 1. The highest BCUT2D eigenvalue weighted by molar-refractivity contribution is 5.43. The number of nitrogens with zero attached hydrogens (tertiary/aromatic N) is 3. The number of nitriles is 1. The number of aromatic nitrogens is 2. The Morgan fingerprint density at radius 3 is 2.92 bits per heavy atom. The van der Waals surface area contributed by atoms with Crippen molar-refractivity contribution in [2.45, 2.75) is 19.4 Å². The fraction of sp³-hybridized carbons (Fsp3) is 0.375. The van der Waals surface area contributed by atoms with Crippen LogP contribution < -0.4 is 5.73 Å². The summed E-state index contributed by atoms with van der Waals surface area (Å²) in [4.78, 5) is 7.61. The van der Waals surface area contributed by atoms with Gasteiger partial charge < -0.3 is 10.8 Å². The SMILES string of the molecule is CCC(O)c1cnc(C#N)c(N)n1. The van der Waals surface area contributed by atoms with Gasteiger partial charge in [0.05, 0.1) is 18.0 Å². The molecule has 0 radical (unpaired) electrons. The average molecular weight is 178 g/mol. The molecule has 0 bridgehead atoms. The van der Waals surface area contributed by atoms with Crippen molar-refractivity contribution < 1.29 is 5.11 Å². The Hall–Kier alpha value is -1.67. The molecule has 3 N–H and O–H groups in total. The van der Waals surface area contributed by atoms with E-state index < -0.39 is 6.10 Å². The summed E-state index contributed by atoms with van der Waals surface area (Å²) in [6, 6.07) is 1.80. The second-order valence-corrected chi connectivity index (χ2v) is 2.56. The maximum absolute atomic E-state index is 9.38. The molecule has 0 aliphatic carbocycles. The van der Waals surface area contributed by atoms with Crippen molar-refractivity contribution in [3.8, 4) is 6.07 Å². The van der Waals surface area contributed by atoms with Gasteiger partial charge in [0.15, 0.2) is 11.5 Å². The lowest BCUT2D eigenvalue weighted by atomic mass is 10.2. The first kappa shape index (κ1) is 9.42. The lowest BCUT2D eigenvalue weighted by molar-refractivity contribution is 0.168. The number of rotatable bonds is 2. The molecule has 0 spiro atoms. The van der Waals surface area contributed by atoms with Crippen molar-refractivity contribution >= 4 is 5.82 Å². The van der Waals surface area contributed by atoms with Crippen LogP contribution in [0.3, 0.4) is 0 Å². The van der Waals surface area contributed by atoms with Gasteiger partial charge in [0.1, 0.15) is 6.07 Å². The van der Waals surface area contributed by atoms with E-state index in [-0.39, 0.29) is 11.5 Å². The third kappa shape index (κ3) is 1.92. The highest BCUT2D eigenvalue weighted by Gasteiger charge is 2.09. The summed E-state index contributed by atoms with van der Waals surface area (Å²) in [5.41, 5.74) is 5.91. The fourth-order valence-electron chi connectivity index (χ4n) is 0.874. The predicted molar refractivity (Wildman–Crippen MR) is 46.4 cm³/mol. The van der Waals surface area contributed by atoms with E-state index in [2.05, 4.69) is 9.97 Å². The standard InChI is InChI=1S/C8H10N4O/c1-2-7(13)6-4-11-5(3-9)8(10)12-6/h4,7,13H,2H2,1H3,(H2,10,12). The summed E-state index contributed by atoms with van der Waals surface area (Å²) < 4.78 is 0. The van der Waals surface area contributed by atoms with Crippen LogP contribution in [0.5, 0.6) is 0 Å². The van der Waals surface area contributed by atoms with E-state index in [0.717, 1.165) is 0 Å². The Balaban J connectivity index is 3.04. The molecule has 1 heterocycles. The summed E-state index contributed by atoms with van der Waals surface area (Å²) in [7, 11) is 0. The van der Waals surface area contributed by atoms with Gasteiger partial charge in [0.2, 0.25) is 0 Å². The van der Waals surface area contributed by atoms with Crippen LogP contribution in [0, 0.1) is 11.3 Å². The molecular formula is C8H10N4O. The summed E-state index contributed by atoms with van der Waals surface area (Å²) >= 11 is 0. The second-order valence-electron chi connectivity index (χ2n) is 2.56. The van der Waals surface area contributed by atoms with E-state index in [9.17, 15) is 5.11 Å². The minimum absolute atomic E-state index is 0.0625. The van der Waals surface area contributed by atoms with Crippen molar-refractivity contribution in [2.24, 2.45) is 0 Å². The van der Waals surface area contributed by atoms with Crippen LogP contribution in [-0.4, -0.2) is 15.1 Å². The van der Waals surface area contributed by atoms with Crippen molar-refractivity contribution in [3.05, 3.63) is 17.6 Å². The molecule has 0 amide bonds. The van der Waals surface area contributed by atoms with Gasteiger partial charge in [-0.2, -0.15) is 5.26 Å². The third-order valence-corrected chi connectivity index (χ3v) is 1.65. The van der Waals surface area contributed by atoms with Gasteiger partial charge in [-0.05, 0) is 6.42 Å². The molecule has 1 unspecified atom stereocenters. The van der Waals surface area contributed by atoms with Crippen molar-refractivity contribution in [1.29, 1.82) is 5.26 Å². The molecule has 1 rings (SSSR count). The summed E-state index contributed by atoms with van der Waals surface area (Å²) in [6.45, 7) is 1.82. The summed E-state index contributed by atoms with van der Waals surface area (Å²) in [5, 5.41) is 17.9. The van der Waals surface area contributed by atoms with E-state index >= 15 is 0 Å². The normalized spacial score (nSPS) is 12.1. The lowest BCUT2D eigenvalue weighted by Gasteiger charge is -2.06. The van der Waals surface area contributed by atoms with E-state index in [1.54, 1.807) is 6.07 Å². The first-order valence-electron chi connectivity index (χ1n) is 3.89. The summed E-state index contributed by atoms with van der Waals surface area (Å²) in [6.07, 6.45) is 1.24. The molecule has 0 aliphatic rings. The lowest BCUT2D eigenvalue weighted by Crippen LogP contribution is -2.05. The number of nitrogen functional groups attached to an aromatic ring is 1. The molecule has 0 aromatic carbocycles. The Kier molecular flexibility index (Phi) is 2.77. The zero-order valence-electron chi connectivity index (χ0n) is 7.23. The molecule has 0 saturated heterocycles. The Bertz CT molecular complexity index is 344. The van der Waals surface area contributed by atoms with Gasteiger partial charge in [-0.25, -0.2) is 9.97 Å². The van der Waals surface area contributed by atoms with Crippen LogP contribution in [0.25, 0.3) is 0 Å². The van der Waals surface area contributed by atoms with E-state index in [1.165, 1.54) is 6.20 Å².